The van der Waals surface area contributed by atoms with Crippen LogP contribution in [0.1, 0.15) is 23.5 Å². The van der Waals surface area contributed by atoms with Crippen LogP contribution in [-0.4, -0.2) is 5.91 Å². The highest BCUT2D eigenvalue weighted by Crippen LogP contribution is 2.41. The zero-order valence-corrected chi connectivity index (χ0v) is 12.6. The Hall–Kier alpha value is -2.32. The molecule has 4 rings (SSSR count). The average Bonchev–Trinajstić information content (AvgIpc) is 2.54. The molecule has 1 heterocycles. The molecule has 3 heteroatoms. The Balaban J connectivity index is 1.97. The second-order valence-corrected chi connectivity index (χ2v) is 6.04. The van der Waals surface area contributed by atoms with E-state index in [1.165, 1.54) is 16.3 Å². The van der Waals surface area contributed by atoms with Crippen molar-refractivity contribution in [1.82, 2.24) is 0 Å². The van der Waals surface area contributed by atoms with E-state index in [1.54, 1.807) is 0 Å². The Labute approximate surface area is 133 Å². The molecule has 0 unspecified atom stereocenters. The topological polar surface area (TPSA) is 29.1 Å². The fraction of sp³-hybridized carbons (Fsp3) is 0.105. The monoisotopic (exact) mass is 307 g/mol. The zero-order valence-electron chi connectivity index (χ0n) is 11.8. The van der Waals surface area contributed by atoms with E-state index in [0.717, 1.165) is 11.3 Å². The molecule has 1 N–H and O–H groups in total. The number of halogens is 1. The van der Waals surface area contributed by atoms with E-state index in [9.17, 15) is 4.79 Å². The van der Waals surface area contributed by atoms with Gasteiger partial charge in [0, 0.05) is 23.0 Å². The number of amides is 1. The third-order valence-corrected chi connectivity index (χ3v) is 4.51. The first-order valence-corrected chi connectivity index (χ1v) is 7.67. The second-order valence-electron chi connectivity index (χ2n) is 5.60. The number of fused-ring (bicyclic) bond motifs is 3. The molecule has 0 saturated heterocycles. The summed E-state index contributed by atoms with van der Waals surface area (Å²) in [6.45, 7) is 0. The summed E-state index contributed by atoms with van der Waals surface area (Å²) in [7, 11) is 0. The fourth-order valence-corrected chi connectivity index (χ4v) is 3.37. The lowest BCUT2D eigenvalue weighted by atomic mass is 9.82. The maximum Gasteiger partial charge on any atom is 0.225 e. The van der Waals surface area contributed by atoms with E-state index >= 15 is 0 Å². The predicted octanol–water partition coefficient (Wildman–Crippen LogP) is 4.97. The molecule has 0 bridgehead atoms. The minimum absolute atomic E-state index is 0.0581. The third-order valence-electron chi connectivity index (χ3n) is 4.26. The first kappa shape index (κ1) is 13.4. The minimum atomic E-state index is 0.0581. The van der Waals surface area contributed by atoms with E-state index < -0.39 is 0 Å². The Morgan fingerprint density at radius 2 is 1.73 bits per heavy atom. The molecule has 3 aromatic carbocycles. The summed E-state index contributed by atoms with van der Waals surface area (Å²) in [5.41, 5.74) is 3.23. The van der Waals surface area contributed by atoms with Crippen LogP contribution in [0.3, 0.4) is 0 Å². The van der Waals surface area contributed by atoms with Gasteiger partial charge in [0.1, 0.15) is 0 Å². The number of carbonyl (C=O) groups excluding carboxylic acids is 1. The lowest BCUT2D eigenvalue weighted by Gasteiger charge is -2.27. The number of rotatable bonds is 1. The average molecular weight is 308 g/mol. The Kier molecular flexibility index (Phi) is 3.12. The van der Waals surface area contributed by atoms with Gasteiger partial charge >= 0.3 is 0 Å². The smallest absolute Gasteiger partial charge is 0.225 e. The summed E-state index contributed by atoms with van der Waals surface area (Å²) in [5.74, 6) is 0.120. The van der Waals surface area contributed by atoms with Crippen LogP contribution in [0, 0.1) is 0 Å². The maximum atomic E-state index is 12.1. The molecule has 0 saturated carbocycles. The highest BCUT2D eigenvalue weighted by atomic mass is 35.5. The highest BCUT2D eigenvalue weighted by Gasteiger charge is 2.28. The summed E-state index contributed by atoms with van der Waals surface area (Å²) in [6, 6.07) is 20.1. The van der Waals surface area contributed by atoms with Gasteiger partial charge in [-0.25, -0.2) is 0 Å². The van der Waals surface area contributed by atoms with Crippen molar-refractivity contribution < 1.29 is 4.79 Å². The normalized spacial score (nSPS) is 17.1. The summed E-state index contributed by atoms with van der Waals surface area (Å²) in [6.07, 6.45) is 0.461. The zero-order chi connectivity index (χ0) is 15.1. The minimum Gasteiger partial charge on any atom is -0.326 e. The fourth-order valence-electron chi connectivity index (χ4n) is 3.25. The van der Waals surface area contributed by atoms with E-state index in [-0.39, 0.29) is 11.8 Å². The lowest BCUT2D eigenvalue weighted by Crippen LogP contribution is -2.23. The molecule has 2 nitrogen and oxygen atoms in total. The molecule has 0 aromatic heterocycles. The third kappa shape index (κ3) is 2.16. The molecule has 0 aliphatic carbocycles. The van der Waals surface area contributed by atoms with E-state index in [1.807, 2.05) is 42.5 Å². The van der Waals surface area contributed by atoms with Gasteiger partial charge in [0.2, 0.25) is 5.91 Å². The Bertz CT molecular complexity index is 870. The Morgan fingerprint density at radius 3 is 2.55 bits per heavy atom. The van der Waals surface area contributed by atoms with Gasteiger partial charge in [-0.15, -0.1) is 0 Å². The molecule has 1 amide bonds. The number of hydrogen-bond donors (Lipinski definition) is 1. The quantitative estimate of drug-likeness (QED) is 0.676. The van der Waals surface area contributed by atoms with Crippen molar-refractivity contribution >= 4 is 34.0 Å². The van der Waals surface area contributed by atoms with Crippen LogP contribution < -0.4 is 5.32 Å². The van der Waals surface area contributed by atoms with E-state index in [2.05, 4.69) is 23.5 Å². The van der Waals surface area contributed by atoms with Gasteiger partial charge in [0.15, 0.2) is 0 Å². The van der Waals surface area contributed by atoms with Crippen LogP contribution in [0.15, 0.2) is 60.7 Å². The van der Waals surface area contributed by atoms with Crippen molar-refractivity contribution in [1.29, 1.82) is 0 Å². The molecule has 22 heavy (non-hydrogen) atoms. The van der Waals surface area contributed by atoms with E-state index in [4.69, 9.17) is 11.6 Å². The molecule has 1 atom stereocenters. The van der Waals surface area contributed by atoms with Crippen molar-refractivity contribution in [2.45, 2.75) is 12.3 Å². The molecule has 3 aromatic rings. The van der Waals surface area contributed by atoms with Crippen molar-refractivity contribution in [2.75, 3.05) is 5.32 Å². The first-order valence-electron chi connectivity index (χ1n) is 7.29. The SMILES string of the molecule is O=C1C[C@@H](c2ccc(Cl)cc2)c2c(ccc3ccccc23)N1. The molecule has 1 aliphatic rings. The number of carbonyl (C=O) groups is 1. The summed E-state index contributed by atoms with van der Waals surface area (Å²) < 4.78 is 0. The van der Waals surface area contributed by atoms with Gasteiger partial charge in [-0.3, -0.25) is 4.79 Å². The number of nitrogens with one attached hydrogen (secondary N) is 1. The van der Waals surface area contributed by atoms with Crippen molar-refractivity contribution in [3.63, 3.8) is 0 Å². The summed E-state index contributed by atoms with van der Waals surface area (Å²) >= 11 is 6.00. The van der Waals surface area contributed by atoms with Crippen LogP contribution in [0.4, 0.5) is 5.69 Å². The van der Waals surface area contributed by atoms with Crippen LogP contribution in [0.2, 0.25) is 5.02 Å². The van der Waals surface area contributed by atoms with Crippen LogP contribution in [-0.2, 0) is 4.79 Å². The predicted molar refractivity (Wildman–Crippen MR) is 90.5 cm³/mol. The standard InChI is InChI=1S/C19H14ClNO/c20-14-8-5-13(6-9-14)16-11-18(22)21-17-10-7-12-3-1-2-4-15(12)19(16)17/h1-10,16H,11H2,(H,21,22)/t16-/m0/s1. The number of hydrogen-bond acceptors (Lipinski definition) is 1. The maximum absolute atomic E-state index is 12.1. The summed E-state index contributed by atoms with van der Waals surface area (Å²) in [5, 5.41) is 6.09. The van der Waals surface area contributed by atoms with Gasteiger partial charge in [-0.05, 0) is 40.1 Å². The van der Waals surface area contributed by atoms with Crippen molar-refractivity contribution in [3.8, 4) is 0 Å². The van der Waals surface area contributed by atoms with Gasteiger partial charge < -0.3 is 5.32 Å². The molecule has 1 aliphatic heterocycles. The van der Waals surface area contributed by atoms with E-state index in [0.29, 0.717) is 11.4 Å². The summed E-state index contributed by atoms with van der Waals surface area (Å²) in [4.78, 5) is 12.1. The van der Waals surface area contributed by atoms with Crippen LogP contribution in [0.5, 0.6) is 0 Å². The Morgan fingerprint density at radius 1 is 0.955 bits per heavy atom. The molecule has 0 spiro atoms. The number of anilines is 1. The molecule has 108 valence electrons. The lowest BCUT2D eigenvalue weighted by molar-refractivity contribution is -0.116. The van der Waals surface area contributed by atoms with Gasteiger partial charge in [-0.1, -0.05) is 54.1 Å². The number of benzene rings is 3. The molecular formula is C19H14ClNO. The first-order chi connectivity index (χ1) is 10.7. The molecule has 0 radical (unpaired) electrons. The van der Waals surface area contributed by atoms with Crippen molar-refractivity contribution in [3.05, 3.63) is 76.8 Å². The van der Waals surface area contributed by atoms with Crippen LogP contribution >= 0.6 is 11.6 Å². The highest BCUT2D eigenvalue weighted by molar-refractivity contribution is 6.30. The van der Waals surface area contributed by atoms with Crippen molar-refractivity contribution in [2.24, 2.45) is 0 Å². The van der Waals surface area contributed by atoms with Gasteiger partial charge in [0.05, 0.1) is 0 Å². The molecule has 0 fully saturated rings. The van der Waals surface area contributed by atoms with Gasteiger partial charge in [-0.2, -0.15) is 0 Å². The second kappa shape index (κ2) is 5.15. The van der Waals surface area contributed by atoms with Crippen LogP contribution in [0.25, 0.3) is 10.8 Å². The molecular weight excluding hydrogens is 294 g/mol. The largest absolute Gasteiger partial charge is 0.326 e. The van der Waals surface area contributed by atoms with Gasteiger partial charge in [0.25, 0.3) is 0 Å².